The molecule has 0 unspecified atom stereocenters. The Labute approximate surface area is 193 Å². The highest BCUT2D eigenvalue weighted by Gasteiger charge is 2.31. The largest absolute Gasteiger partial charge is 0.573 e. The quantitative estimate of drug-likeness (QED) is 0.532. The lowest BCUT2D eigenvalue weighted by molar-refractivity contribution is -0.274. The van der Waals surface area contributed by atoms with Crippen molar-refractivity contribution in [2.45, 2.75) is 12.8 Å². The minimum Gasteiger partial charge on any atom is -0.406 e. The van der Waals surface area contributed by atoms with E-state index in [4.69, 9.17) is 0 Å². The van der Waals surface area contributed by atoms with Crippen LogP contribution < -0.4 is 10.1 Å². The summed E-state index contributed by atoms with van der Waals surface area (Å²) >= 11 is 1.27. The second kappa shape index (κ2) is 10.2. The molecular formula is C23H23F3N4O2S. The molecule has 0 atom stereocenters. The highest BCUT2D eigenvalue weighted by molar-refractivity contribution is 7.14. The van der Waals surface area contributed by atoms with Gasteiger partial charge in [-0.15, -0.1) is 24.5 Å². The minimum absolute atomic E-state index is 0.115. The molecule has 1 saturated heterocycles. The number of thiazole rings is 1. The van der Waals surface area contributed by atoms with Crippen LogP contribution in [0.1, 0.15) is 16.1 Å². The van der Waals surface area contributed by atoms with Gasteiger partial charge in [-0.25, -0.2) is 4.98 Å². The van der Waals surface area contributed by atoms with Crippen LogP contribution in [0.25, 0.3) is 0 Å². The van der Waals surface area contributed by atoms with Crippen molar-refractivity contribution in [1.29, 1.82) is 0 Å². The first-order valence-electron chi connectivity index (χ1n) is 10.5. The number of hydrogen-bond acceptors (Lipinski definition) is 6. The maximum atomic E-state index is 12.8. The molecule has 3 aromatic rings. The molecular weight excluding hydrogens is 453 g/mol. The van der Waals surface area contributed by atoms with Crippen LogP contribution in [-0.2, 0) is 6.42 Å². The van der Waals surface area contributed by atoms with Crippen molar-refractivity contribution >= 4 is 28.1 Å². The number of nitrogens with zero attached hydrogens (tertiary/aromatic N) is 3. The lowest BCUT2D eigenvalue weighted by atomic mass is 10.1. The Morgan fingerprint density at radius 1 is 1.03 bits per heavy atom. The third-order valence-electron chi connectivity index (χ3n) is 5.28. The average molecular weight is 477 g/mol. The number of nitrogens with one attached hydrogen (secondary N) is 1. The van der Waals surface area contributed by atoms with Crippen molar-refractivity contribution in [3.8, 4) is 5.75 Å². The lowest BCUT2D eigenvalue weighted by Crippen LogP contribution is -2.49. The second-order valence-electron chi connectivity index (χ2n) is 7.60. The van der Waals surface area contributed by atoms with Gasteiger partial charge in [0.15, 0.2) is 5.13 Å². The van der Waals surface area contributed by atoms with Crippen molar-refractivity contribution in [3.05, 3.63) is 71.2 Å². The van der Waals surface area contributed by atoms with E-state index in [0.29, 0.717) is 29.6 Å². The molecule has 10 heteroatoms. The second-order valence-corrected chi connectivity index (χ2v) is 8.46. The average Bonchev–Trinajstić information content (AvgIpc) is 3.27. The molecule has 0 aliphatic carbocycles. The Morgan fingerprint density at radius 3 is 2.39 bits per heavy atom. The van der Waals surface area contributed by atoms with E-state index < -0.39 is 6.36 Å². The van der Waals surface area contributed by atoms with Crippen molar-refractivity contribution in [3.63, 3.8) is 0 Å². The number of anilines is 2. The van der Waals surface area contributed by atoms with Crippen molar-refractivity contribution in [2.24, 2.45) is 0 Å². The fraction of sp³-hybridized carbons (Fsp3) is 0.304. The van der Waals surface area contributed by atoms with Gasteiger partial charge in [-0.1, -0.05) is 30.3 Å². The maximum Gasteiger partial charge on any atom is 0.573 e. The van der Waals surface area contributed by atoms with Gasteiger partial charge < -0.3 is 15.0 Å². The smallest absolute Gasteiger partial charge is 0.406 e. The van der Waals surface area contributed by atoms with E-state index in [1.165, 1.54) is 41.2 Å². The van der Waals surface area contributed by atoms with Crippen molar-refractivity contribution in [1.82, 2.24) is 14.8 Å². The maximum absolute atomic E-state index is 12.8. The molecule has 1 aromatic heterocycles. The molecule has 0 radical (unpaired) electrons. The highest BCUT2D eigenvalue weighted by atomic mass is 32.1. The molecule has 4 rings (SSSR count). The Kier molecular flexibility index (Phi) is 7.14. The molecule has 0 bridgehead atoms. The molecule has 2 heterocycles. The van der Waals surface area contributed by atoms with E-state index in [1.807, 2.05) is 18.2 Å². The molecule has 0 spiro atoms. The van der Waals surface area contributed by atoms with Gasteiger partial charge in [0.25, 0.3) is 5.91 Å². The van der Waals surface area contributed by atoms with Crippen LogP contribution in [0, 0.1) is 0 Å². The molecule has 1 N–H and O–H groups in total. The summed E-state index contributed by atoms with van der Waals surface area (Å²) in [6, 6.07) is 15.7. The molecule has 6 nitrogen and oxygen atoms in total. The fourth-order valence-electron chi connectivity index (χ4n) is 3.56. The number of rotatable bonds is 7. The van der Waals surface area contributed by atoms with E-state index >= 15 is 0 Å². The van der Waals surface area contributed by atoms with Crippen LogP contribution in [0.3, 0.4) is 0 Å². The number of hydrogen-bond donors (Lipinski definition) is 1. The van der Waals surface area contributed by atoms with Crippen LogP contribution in [0.4, 0.5) is 24.0 Å². The zero-order valence-corrected chi connectivity index (χ0v) is 18.5. The summed E-state index contributed by atoms with van der Waals surface area (Å²) in [5.74, 6) is -0.415. The minimum atomic E-state index is -4.73. The van der Waals surface area contributed by atoms with Crippen LogP contribution in [0.5, 0.6) is 5.75 Å². The number of aromatic nitrogens is 1. The van der Waals surface area contributed by atoms with Crippen LogP contribution in [0.2, 0.25) is 0 Å². The molecule has 174 valence electrons. The third-order valence-corrected chi connectivity index (χ3v) is 6.04. The number of benzene rings is 2. The van der Waals surface area contributed by atoms with Gasteiger partial charge in [0.05, 0.1) is 0 Å². The third kappa shape index (κ3) is 6.69. The molecule has 1 fully saturated rings. The lowest BCUT2D eigenvalue weighted by Gasteiger charge is -2.34. The normalized spacial score (nSPS) is 14.8. The van der Waals surface area contributed by atoms with Gasteiger partial charge in [0.2, 0.25) is 0 Å². The number of carbonyl (C=O) groups is 1. The van der Waals surface area contributed by atoms with Crippen molar-refractivity contribution < 1.29 is 22.7 Å². The van der Waals surface area contributed by atoms with Gasteiger partial charge in [-0.2, -0.15) is 0 Å². The topological polar surface area (TPSA) is 57.7 Å². The van der Waals surface area contributed by atoms with E-state index in [-0.39, 0.29) is 11.7 Å². The van der Waals surface area contributed by atoms with E-state index in [0.717, 1.165) is 26.1 Å². The van der Waals surface area contributed by atoms with Crippen molar-refractivity contribution in [2.75, 3.05) is 38.0 Å². The summed E-state index contributed by atoms with van der Waals surface area (Å²) in [6.45, 7) is 3.90. The number of amides is 1. The highest BCUT2D eigenvalue weighted by Crippen LogP contribution is 2.26. The summed E-state index contributed by atoms with van der Waals surface area (Å²) < 4.78 is 40.7. The molecule has 1 aliphatic heterocycles. The molecule has 1 amide bonds. The standard InChI is InChI=1S/C23H23F3N4O2S/c24-23(25,26)32-19-8-6-18(7-9-19)27-22-28-20(16-33-22)21(31)30-14-12-29(13-15-30)11-10-17-4-2-1-3-5-17/h1-9,16H,10-15H2,(H,27,28). The zero-order valence-electron chi connectivity index (χ0n) is 17.7. The van der Waals surface area contributed by atoms with Gasteiger partial charge in [-0.05, 0) is 36.2 Å². The molecule has 33 heavy (non-hydrogen) atoms. The Morgan fingerprint density at radius 2 is 1.73 bits per heavy atom. The van der Waals surface area contributed by atoms with Crippen LogP contribution in [0.15, 0.2) is 60.0 Å². The van der Waals surface area contributed by atoms with Gasteiger partial charge in [-0.3, -0.25) is 9.69 Å². The van der Waals surface area contributed by atoms with E-state index in [2.05, 4.69) is 32.1 Å². The van der Waals surface area contributed by atoms with Gasteiger partial charge in [0, 0.05) is 43.8 Å². The SMILES string of the molecule is O=C(c1csc(Nc2ccc(OC(F)(F)F)cc2)n1)N1CCN(CCc2ccccc2)CC1. The first-order valence-corrected chi connectivity index (χ1v) is 11.4. The van der Waals surface area contributed by atoms with E-state index in [9.17, 15) is 18.0 Å². The van der Waals surface area contributed by atoms with Gasteiger partial charge in [0.1, 0.15) is 11.4 Å². The predicted molar refractivity (Wildman–Crippen MR) is 121 cm³/mol. The van der Waals surface area contributed by atoms with Gasteiger partial charge >= 0.3 is 6.36 Å². The van der Waals surface area contributed by atoms with Crippen LogP contribution in [-0.4, -0.2) is 59.8 Å². The molecule has 1 aliphatic rings. The summed E-state index contributed by atoms with van der Waals surface area (Å²) in [6.07, 6.45) is -3.74. The molecule has 0 saturated carbocycles. The Bertz CT molecular complexity index is 1050. The van der Waals surface area contributed by atoms with E-state index in [1.54, 1.807) is 10.3 Å². The summed E-state index contributed by atoms with van der Waals surface area (Å²) in [4.78, 5) is 21.3. The zero-order chi connectivity index (χ0) is 23.3. The number of halogens is 3. The number of alkyl halides is 3. The Balaban J connectivity index is 1.26. The molecule has 2 aromatic carbocycles. The predicted octanol–water partition coefficient (Wildman–Crippen LogP) is 4.79. The number of ether oxygens (including phenoxy) is 1. The monoisotopic (exact) mass is 476 g/mol. The van der Waals surface area contributed by atoms with Crippen LogP contribution >= 0.6 is 11.3 Å². The first-order chi connectivity index (χ1) is 15.9. The fourth-order valence-corrected chi connectivity index (χ4v) is 4.27. The number of carbonyl (C=O) groups excluding carboxylic acids is 1. The first kappa shape index (κ1) is 23.1. The summed E-state index contributed by atoms with van der Waals surface area (Å²) in [7, 11) is 0. The summed E-state index contributed by atoms with van der Waals surface area (Å²) in [5, 5.41) is 5.18. The summed E-state index contributed by atoms with van der Waals surface area (Å²) in [5.41, 5.74) is 2.21. The number of piperazine rings is 1. The Hall–Kier alpha value is -3.11.